The third-order valence-corrected chi connectivity index (χ3v) is 2.99. The van der Waals surface area contributed by atoms with Gasteiger partial charge in [-0.05, 0) is 5.56 Å². The second kappa shape index (κ2) is 6.42. The first kappa shape index (κ1) is 13.7. The van der Waals surface area contributed by atoms with E-state index in [4.69, 9.17) is 29.6 Å². The molecule has 1 heterocycles. The van der Waals surface area contributed by atoms with Crippen LogP contribution in [0.3, 0.4) is 0 Å². The van der Waals surface area contributed by atoms with Gasteiger partial charge in [-0.2, -0.15) is 0 Å². The highest BCUT2D eigenvalue weighted by molar-refractivity contribution is 6.33. The van der Waals surface area contributed by atoms with Crippen molar-refractivity contribution in [3.8, 4) is 12.3 Å². The van der Waals surface area contributed by atoms with Gasteiger partial charge in [-0.3, -0.25) is 0 Å². The van der Waals surface area contributed by atoms with Gasteiger partial charge < -0.3 is 4.90 Å². The molecule has 1 aromatic carbocycles. The molecule has 0 saturated heterocycles. The van der Waals surface area contributed by atoms with E-state index in [1.54, 1.807) is 6.07 Å². The summed E-state index contributed by atoms with van der Waals surface area (Å²) in [6.45, 7) is 1.05. The van der Waals surface area contributed by atoms with Crippen LogP contribution >= 0.6 is 23.2 Å². The predicted octanol–water partition coefficient (Wildman–Crippen LogP) is 3.42. The molecule has 3 nitrogen and oxygen atoms in total. The van der Waals surface area contributed by atoms with Crippen molar-refractivity contribution in [2.75, 3.05) is 11.4 Å². The first-order valence-corrected chi connectivity index (χ1v) is 6.37. The number of hydrogen-bond acceptors (Lipinski definition) is 3. The van der Waals surface area contributed by atoms with Crippen LogP contribution in [0.5, 0.6) is 0 Å². The fraction of sp³-hybridized carbons (Fsp3) is 0.143. The predicted molar refractivity (Wildman–Crippen MR) is 78.4 cm³/mol. The molecule has 2 rings (SSSR count). The van der Waals surface area contributed by atoms with Crippen LogP contribution in [0.15, 0.2) is 36.4 Å². The van der Waals surface area contributed by atoms with E-state index in [9.17, 15) is 0 Å². The van der Waals surface area contributed by atoms with E-state index in [1.807, 2.05) is 35.2 Å². The van der Waals surface area contributed by atoms with E-state index < -0.39 is 0 Å². The lowest BCUT2D eigenvalue weighted by Crippen LogP contribution is -2.23. The Hall–Kier alpha value is -1.76. The fourth-order valence-electron chi connectivity index (χ4n) is 1.71. The van der Waals surface area contributed by atoms with E-state index in [-0.39, 0.29) is 10.3 Å². The number of benzene rings is 1. The summed E-state index contributed by atoms with van der Waals surface area (Å²) in [6.07, 6.45) is 5.40. The minimum Gasteiger partial charge on any atom is -0.353 e. The zero-order chi connectivity index (χ0) is 13.7. The highest BCUT2D eigenvalue weighted by Gasteiger charge is 2.12. The van der Waals surface area contributed by atoms with Crippen LogP contribution in [0.1, 0.15) is 5.56 Å². The number of anilines is 1. The molecular formula is C14H11Cl2N3. The smallest absolute Gasteiger partial charge is 0.175 e. The molecule has 0 radical (unpaired) electrons. The largest absolute Gasteiger partial charge is 0.353 e. The van der Waals surface area contributed by atoms with Gasteiger partial charge in [0.05, 0.1) is 12.2 Å². The average molecular weight is 292 g/mol. The van der Waals surface area contributed by atoms with Crippen molar-refractivity contribution in [2.45, 2.75) is 6.54 Å². The molecular weight excluding hydrogens is 281 g/mol. The molecule has 2 aromatic rings. The highest BCUT2D eigenvalue weighted by Crippen LogP contribution is 2.26. The second-order valence-electron chi connectivity index (χ2n) is 3.89. The maximum atomic E-state index is 6.05. The molecule has 1 aromatic heterocycles. The lowest BCUT2D eigenvalue weighted by atomic mass is 10.2. The molecule has 0 fully saturated rings. The first-order chi connectivity index (χ1) is 9.20. The van der Waals surface area contributed by atoms with E-state index in [2.05, 4.69) is 16.1 Å². The lowest BCUT2D eigenvalue weighted by molar-refractivity contribution is 0.864. The van der Waals surface area contributed by atoms with Crippen LogP contribution in [-0.4, -0.2) is 16.7 Å². The van der Waals surface area contributed by atoms with Crippen LogP contribution in [0.2, 0.25) is 10.3 Å². The summed E-state index contributed by atoms with van der Waals surface area (Å²) in [6, 6.07) is 11.6. The maximum Gasteiger partial charge on any atom is 0.175 e. The SMILES string of the molecule is C#CCN(Cc1ccccc1)c1cc(Cl)nnc1Cl. The van der Waals surface area contributed by atoms with Crippen LogP contribution in [0, 0.1) is 12.3 Å². The first-order valence-electron chi connectivity index (χ1n) is 5.62. The quantitative estimate of drug-likeness (QED) is 0.808. The molecule has 0 atom stereocenters. The number of halogens is 2. The number of terminal acetylenes is 1. The van der Waals surface area contributed by atoms with Gasteiger partial charge >= 0.3 is 0 Å². The van der Waals surface area contributed by atoms with Crippen molar-refractivity contribution in [3.05, 3.63) is 52.3 Å². The van der Waals surface area contributed by atoms with E-state index in [1.165, 1.54) is 0 Å². The maximum absolute atomic E-state index is 6.05. The van der Waals surface area contributed by atoms with E-state index in [0.717, 1.165) is 5.56 Å². The third-order valence-electron chi connectivity index (χ3n) is 2.54. The van der Waals surface area contributed by atoms with Gasteiger partial charge in [0.15, 0.2) is 10.3 Å². The van der Waals surface area contributed by atoms with Crippen molar-refractivity contribution in [1.29, 1.82) is 0 Å². The minimum atomic E-state index is 0.287. The van der Waals surface area contributed by atoms with E-state index >= 15 is 0 Å². The molecule has 0 spiro atoms. The van der Waals surface area contributed by atoms with Gasteiger partial charge in [0.25, 0.3) is 0 Å². The Balaban J connectivity index is 2.30. The molecule has 0 unspecified atom stereocenters. The van der Waals surface area contributed by atoms with Crippen LogP contribution in [0.25, 0.3) is 0 Å². The number of aromatic nitrogens is 2. The Bertz CT molecular complexity index is 593. The van der Waals surface area contributed by atoms with Crippen LogP contribution in [0.4, 0.5) is 5.69 Å². The summed E-state index contributed by atoms with van der Waals surface area (Å²) in [5.41, 5.74) is 1.81. The highest BCUT2D eigenvalue weighted by atomic mass is 35.5. The Morgan fingerprint density at radius 1 is 1.16 bits per heavy atom. The monoisotopic (exact) mass is 291 g/mol. The molecule has 5 heteroatoms. The molecule has 0 amide bonds. The summed E-state index contributed by atoms with van der Waals surface area (Å²) in [7, 11) is 0. The zero-order valence-corrected chi connectivity index (χ0v) is 11.6. The average Bonchev–Trinajstić information content (AvgIpc) is 2.42. The molecule has 19 heavy (non-hydrogen) atoms. The fourth-order valence-corrected chi connectivity index (χ4v) is 2.06. The molecule has 0 aliphatic rings. The third kappa shape index (κ3) is 3.60. The standard InChI is InChI=1S/C14H11Cl2N3/c1-2-8-19(10-11-6-4-3-5-7-11)12-9-13(15)17-18-14(12)16/h1,3-7,9H,8,10H2. The van der Waals surface area contributed by atoms with Crippen molar-refractivity contribution in [3.63, 3.8) is 0 Å². The Morgan fingerprint density at radius 2 is 1.89 bits per heavy atom. The Labute approximate surface area is 122 Å². The molecule has 0 aliphatic carbocycles. The summed E-state index contributed by atoms with van der Waals surface area (Å²) in [5.74, 6) is 2.61. The van der Waals surface area contributed by atoms with Gasteiger partial charge in [0, 0.05) is 12.6 Å². The topological polar surface area (TPSA) is 29.0 Å². The number of rotatable bonds is 4. The number of nitrogens with zero attached hydrogens (tertiary/aromatic N) is 3. The molecule has 0 saturated carbocycles. The van der Waals surface area contributed by atoms with Gasteiger partial charge in [-0.15, -0.1) is 16.6 Å². The lowest BCUT2D eigenvalue weighted by Gasteiger charge is -2.23. The van der Waals surface area contributed by atoms with E-state index in [0.29, 0.717) is 18.8 Å². The van der Waals surface area contributed by atoms with Gasteiger partial charge in [-0.1, -0.05) is 59.5 Å². The molecule has 0 aliphatic heterocycles. The molecule has 0 N–H and O–H groups in total. The van der Waals surface area contributed by atoms with Gasteiger partial charge in [0.1, 0.15) is 0 Å². The second-order valence-corrected chi connectivity index (χ2v) is 4.63. The Morgan fingerprint density at radius 3 is 2.58 bits per heavy atom. The summed E-state index contributed by atoms with van der Waals surface area (Å²) in [4.78, 5) is 1.93. The van der Waals surface area contributed by atoms with Crippen molar-refractivity contribution >= 4 is 28.9 Å². The molecule has 0 bridgehead atoms. The summed E-state index contributed by atoms with van der Waals surface area (Å²) < 4.78 is 0. The normalized spacial score (nSPS) is 9.95. The number of hydrogen-bond donors (Lipinski definition) is 0. The van der Waals surface area contributed by atoms with Crippen molar-refractivity contribution < 1.29 is 0 Å². The van der Waals surface area contributed by atoms with Gasteiger partial charge in [0.2, 0.25) is 0 Å². The summed E-state index contributed by atoms with van der Waals surface area (Å²) in [5, 5.41) is 8.06. The van der Waals surface area contributed by atoms with Crippen LogP contribution in [-0.2, 0) is 6.54 Å². The zero-order valence-electron chi connectivity index (χ0n) is 10.1. The van der Waals surface area contributed by atoms with Crippen LogP contribution < -0.4 is 4.90 Å². The minimum absolute atomic E-state index is 0.287. The Kier molecular flexibility index (Phi) is 4.62. The van der Waals surface area contributed by atoms with Crippen molar-refractivity contribution in [1.82, 2.24) is 10.2 Å². The van der Waals surface area contributed by atoms with Gasteiger partial charge in [-0.25, -0.2) is 0 Å². The molecule has 96 valence electrons. The summed E-state index contributed by atoms with van der Waals surface area (Å²) >= 11 is 11.9. The van der Waals surface area contributed by atoms with Crippen molar-refractivity contribution in [2.24, 2.45) is 0 Å².